The maximum Gasteiger partial charge on any atom is 0.242 e. The number of rotatable bonds is 2. The van der Waals surface area contributed by atoms with Crippen molar-refractivity contribution >= 4 is 28.9 Å². The molecule has 0 spiro atoms. The average molecular weight is 269 g/mol. The number of aryl methyl sites for hydroxylation is 1. The number of hydrogen-bond donors (Lipinski definition) is 1. The van der Waals surface area contributed by atoms with Gasteiger partial charge in [-0.15, -0.1) is 0 Å². The molecule has 17 heavy (non-hydrogen) atoms. The van der Waals surface area contributed by atoms with Crippen LogP contribution in [-0.2, 0) is 0 Å². The first-order valence-electron chi connectivity index (χ1n) is 4.90. The molecule has 1 heterocycles. The molecule has 0 amide bonds. The van der Waals surface area contributed by atoms with Gasteiger partial charge in [-0.05, 0) is 36.8 Å². The molecule has 0 aliphatic rings. The molecule has 88 valence electrons. The quantitative estimate of drug-likeness (QED) is 0.893. The van der Waals surface area contributed by atoms with Gasteiger partial charge in [0.2, 0.25) is 5.88 Å². The van der Waals surface area contributed by atoms with Crippen LogP contribution >= 0.6 is 23.2 Å². The number of hydrogen-bond acceptors (Lipinski definition) is 3. The highest BCUT2D eigenvalue weighted by Crippen LogP contribution is 2.30. The normalized spacial score (nSPS) is 10.3. The second kappa shape index (κ2) is 4.82. The van der Waals surface area contributed by atoms with Crippen molar-refractivity contribution in [2.75, 3.05) is 5.73 Å². The van der Waals surface area contributed by atoms with Gasteiger partial charge >= 0.3 is 0 Å². The van der Waals surface area contributed by atoms with Crippen molar-refractivity contribution in [1.82, 2.24) is 4.98 Å². The summed E-state index contributed by atoms with van der Waals surface area (Å²) in [5.41, 5.74) is 7.24. The molecule has 0 atom stereocenters. The Bertz CT molecular complexity index is 538. The zero-order chi connectivity index (χ0) is 12.4. The predicted octanol–water partition coefficient (Wildman–Crippen LogP) is 4.07. The summed E-state index contributed by atoms with van der Waals surface area (Å²) in [5, 5.41) is 0.997. The Hall–Kier alpha value is -1.45. The fraction of sp³-hybridized carbons (Fsp3) is 0.0833. The van der Waals surface area contributed by atoms with Gasteiger partial charge in [-0.2, -0.15) is 0 Å². The molecule has 0 radical (unpaired) electrons. The molecule has 5 heteroatoms. The third kappa shape index (κ3) is 3.02. The van der Waals surface area contributed by atoms with E-state index in [0.29, 0.717) is 27.4 Å². The topological polar surface area (TPSA) is 48.1 Å². The predicted molar refractivity (Wildman–Crippen MR) is 69.9 cm³/mol. The lowest BCUT2D eigenvalue weighted by atomic mass is 10.3. The Balaban J connectivity index is 2.31. The summed E-state index contributed by atoms with van der Waals surface area (Å²) >= 11 is 11.7. The number of benzene rings is 1. The summed E-state index contributed by atoms with van der Waals surface area (Å²) in [6, 6.07) is 6.71. The molecular formula is C12H10Cl2N2O. The zero-order valence-electron chi connectivity index (χ0n) is 9.08. The molecular weight excluding hydrogens is 259 g/mol. The molecule has 1 aromatic carbocycles. The van der Waals surface area contributed by atoms with Crippen LogP contribution in [0.5, 0.6) is 11.6 Å². The van der Waals surface area contributed by atoms with E-state index >= 15 is 0 Å². The van der Waals surface area contributed by atoms with Gasteiger partial charge in [0.05, 0.1) is 5.69 Å². The van der Waals surface area contributed by atoms with Gasteiger partial charge in [0.15, 0.2) is 0 Å². The lowest BCUT2D eigenvalue weighted by Gasteiger charge is -2.08. The van der Waals surface area contributed by atoms with E-state index in [2.05, 4.69) is 4.98 Å². The van der Waals surface area contributed by atoms with Crippen LogP contribution in [0, 0.1) is 6.92 Å². The van der Waals surface area contributed by atoms with E-state index in [1.807, 2.05) is 6.92 Å². The van der Waals surface area contributed by atoms with Crippen LogP contribution < -0.4 is 10.5 Å². The van der Waals surface area contributed by atoms with E-state index < -0.39 is 0 Å². The minimum absolute atomic E-state index is 0.342. The third-order valence-electron chi connectivity index (χ3n) is 2.07. The molecule has 1 aromatic heterocycles. The van der Waals surface area contributed by atoms with E-state index in [-0.39, 0.29) is 0 Å². The van der Waals surface area contributed by atoms with Crippen LogP contribution in [0.3, 0.4) is 0 Å². The molecule has 2 rings (SSSR count). The molecule has 2 N–H and O–H groups in total. The van der Waals surface area contributed by atoms with Crippen LogP contribution in [0.4, 0.5) is 5.69 Å². The monoisotopic (exact) mass is 268 g/mol. The van der Waals surface area contributed by atoms with Gasteiger partial charge in [0, 0.05) is 16.2 Å². The van der Waals surface area contributed by atoms with Gasteiger partial charge < -0.3 is 10.5 Å². The van der Waals surface area contributed by atoms with Crippen molar-refractivity contribution in [3.05, 3.63) is 46.1 Å². The maximum absolute atomic E-state index is 5.87. The van der Waals surface area contributed by atoms with E-state index in [0.717, 1.165) is 5.56 Å². The summed E-state index contributed by atoms with van der Waals surface area (Å²) in [6.45, 7) is 1.91. The lowest BCUT2D eigenvalue weighted by molar-refractivity contribution is 0.465. The number of ether oxygens (including phenoxy) is 1. The minimum atomic E-state index is 0.342. The SMILES string of the molecule is Cc1cnc(Oc2cc(Cl)cc(Cl)c2)c(N)c1. The van der Waals surface area contributed by atoms with Crippen molar-refractivity contribution in [3.63, 3.8) is 0 Å². The second-order valence-corrected chi connectivity index (χ2v) is 4.49. The lowest BCUT2D eigenvalue weighted by Crippen LogP contribution is -1.95. The molecule has 0 bridgehead atoms. The fourth-order valence-corrected chi connectivity index (χ4v) is 1.87. The highest BCUT2D eigenvalue weighted by molar-refractivity contribution is 6.34. The standard InChI is InChI=1S/C12H10Cl2N2O/c1-7-2-11(15)12(16-6-7)17-10-4-8(13)3-9(14)5-10/h2-6H,15H2,1H3. The molecule has 0 aliphatic heterocycles. The summed E-state index contributed by atoms with van der Waals surface area (Å²) in [5.74, 6) is 0.847. The molecule has 3 nitrogen and oxygen atoms in total. The first-order valence-corrected chi connectivity index (χ1v) is 5.66. The highest BCUT2D eigenvalue weighted by atomic mass is 35.5. The first kappa shape index (κ1) is 12.0. The Morgan fingerprint density at radius 2 is 1.76 bits per heavy atom. The number of pyridine rings is 1. The Morgan fingerprint density at radius 1 is 1.12 bits per heavy atom. The Labute approximate surface area is 109 Å². The molecule has 0 aliphatic carbocycles. The van der Waals surface area contributed by atoms with Crippen molar-refractivity contribution in [3.8, 4) is 11.6 Å². The fourth-order valence-electron chi connectivity index (χ4n) is 1.36. The van der Waals surface area contributed by atoms with Crippen LogP contribution in [0.15, 0.2) is 30.5 Å². The first-order chi connectivity index (χ1) is 8.04. The Kier molecular flexibility index (Phi) is 3.41. The number of nitrogens with two attached hydrogens (primary N) is 1. The summed E-state index contributed by atoms with van der Waals surface area (Å²) < 4.78 is 5.52. The van der Waals surface area contributed by atoms with Crippen LogP contribution in [0.2, 0.25) is 10.0 Å². The highest BCUT2D eigenvalue weighted by Gasteiger charge is 2.05. The smallest absolute Gasteiger partial charge is 0.242 e. The van der Waals surface area contributed by atoms with Crippen molar-refractivity contribution < 1.29 is 4.74 Å². The number of nitrogens with zero attached hydrogens (tertiary/aromatic N) is 1. The van der Waals surface area contributed by atoms with Gasteiger partial charge in [-0.25, -0.2) is 4.98 Å². The molecule has 2 aromatic rings. The molecule has 0 unspecified atom stereocenters. The van der Waals surface area contributed by atoms with Gasteiger partial charge in [-0.3, -0.25) is 0 Å². The summed E-state index contributed by atoms with van der Waals surface area (Å²) in [4.78, 5) is 4.10. The summed E-state index contributed by atoms with van der Waals surface area (Å²) in [7, 11) is 0. The van der Waals surface area contributed by atoms with E-state index in [9.17, 15) is 0 Å². The number of anilines is 1. The molecule has 0 saturated carbocycles. The summed E-state index contributed by atoms with van der Waals surface area (Å²) in [6.07, 6.45) is 1.68. The van der Waals surface area contributed by atoms with Crippen molar-refractivity contribution in [2.45, 2.75) is 6.92 Å². The number of nitrogen functional groups attached to an aromatic ring is 1. The van der Waals surface area contributed by atoms with E-state index in [1.54, 1.807) is 30.5 Å². The number of aromatic nitrogens is 1. The van der Waals surface area contributed by atoms with Crippen LogP contribution in [-0.4, -0.2) is 4.98 Å². The molecule has 0 saturated heterocycles. The minimum Gasteiger partial charge on any atom is -0.437 e. The van der Waals surface area contributed by atoms with Gasteiger partial charge in [0.25, 0.3) is 0 Å². The van der Waals surface area contributed by atoms with Crippen LogP contribution in [0.25, 0.3) is 0 Å². The van der Waals surface area contributed by atoms with Crippen molar-refractivity contribution in [2.24, 2.45) is 0 Å². The molecule has 0 fully saturated rings. The second-order valence-electron chi connectivity index (χ2n) is 3.61. The van der Waals surface area contributed by atoms with E-state index in [4.69, 9.17) is 33.7 Å². The van der Waals surface area contributed by atoms with E-state index in [1.165, 1.54) is 0 Å². The van der Waals surface area contributed by atoms with Gasteiger partial charge in [-0.1, -0.05) is 23.2 Å². The Morgan fingerprint density at radius 3 is 2.35 bits per heavy atom. The average Bonchev–Trinajstić information content (AvgIpc) is 2.21. The van der Waals surface area contributed by atoms with Crippen LogP contribution in [0.1, 0.15) is 5.56 Å². The van der Waals surface area contributed by atoms with Gasteiger partial charge in [0.1, 0.15) is 5.75 Å². The maximum atomic E-state index is 5.87. The largest absolute Gasteiger partial charge is 0.437 e. The number of halogens is 2. The third-order valence-corrected chi connectivity index (χ3v) is 2.50. The van der Waals surface area contributed by atoms with Crippen molar-refractivity contribution in [1.29, 1.82) is 0 Å². The zero-order valence-corrected chi connectivity index (χ0v) is 10.6.